The van der Waals surface area contributed by atoms with Crippen LogP contribution in [0, 0.1) is 16.0 Å². The minimum absolute atomic E-state index is 0.0154. The predicted molar refractivity (Wildman–Crippen MR) is 87.2 cm³/mol. The van der Waals surface area contributed by atoms with Gasteiger partial charge in [-0.25, -0.2) is 0 Å². The summed E-state index contributed by atoms with van der Waals surface area (Å²) >= 11 is 0. The Labute approximate surface area is 138 Å². The third-order valence-corrected chi connectivity index (χ3v) is 4.32. The highest BCUT2D eigenvalue weighted by molar-refractivity contribution is 6.00. The third kappa shape index (κ3) is 3.32. The number of rotatable bonds is 4. The molecule has 2 amide bonds. The van der Waals surface area contributed by atoms with Crippen molar-refractivity contribution >= 4 is 17.5 Å². The molecule has 2 aromatic carbocycles. The maximum Gasteiger partial charge on any atom is 0.269 e. The highest BCUT2D eigenvalue weighted by Crippen LogP contribution is 2.33. The molecule has 0 bridgehead atoms. The van der Waals surface area contributed by atoms with Crippen molar-refractivity contribution < 1.29 is 14.5 Å². The number of amides is 2. The Kier molecular flexibility index (Phi) is 4.37. The van der Waals surface area contributed by atoms with E-state index in [0.717, 1.165) is 11.1 Å². The number of hydrogen-bond donors (Lipinski definition) is 1. The topological polar surface area (TPSA) is 89.3 Å². The van der Waals surface area contributed by atoms with E-state index in [1.165, 1.54) is 12.1 Å². The molecule has 24 heavy (non-hydrogen) atoms. The fourth-order valence-electron chi connectivity index (χ4n) is 3.10. The van der Waals surface area contributed by atoms with Crippen LogP contribution in [0.1, 0.15) is 23.5 Å². The molecule has 6 heteroatoms. The van der Waals surface area contributed by atoms with Gasteiger partial charge in [-0.1, -0.05) is 42.5 Å². The lowest BCUT2D eigenvalue weighted by Gasteiger charge is -2.30. The van der Waals surface area contributed by atoms with E-state index in [1.807, 2.05) is 30.3 Å². The van der Waals surface area contributed by atoms with Crippen molar-refractivity contribution in [1.29, 1.82) is 0 Å². The van der Waals surface area contributed by atoms with Gasteiger partial charge in [-0.05, 0) is 17.5 Å². The number of benzene rings is 2. The van der Waals surface area contributed by atoms with Crippen LogP contribution in [0.3, 0.4) is 0 Å². The van der Waals surface area contributed by atoms with E-state index in [1.54, 1.807) is 12.1 Å². The summed E-state index contributed by atoms with van der Waals surface area (Å²) in [6.07, 6.45) is 0.685. The summed E-state index contributed by atoms with van der Waals surface area (Å²) in [7, 11) is 0. The molecule has 2 atom stereocenters. The minimum Gasteiger partial charge on any atom is -0.296 e. The van der Waals surface area contributed by atoms with Crippen LogP contribution >= 0.6 is 0 Å². The van der Waals surface area contributed by atoms with Gasteiger partial charge in [0.05, 0.1) is 4.92 Å². The highest BCUT2D eigenvalue weighted by atomic mass is 16.6. The molecule has 0 aliphatic carbocycles. The molecule has 0 saturated carbocycles. The number of nitrogens with zero attached hydrogens (tertiary/aromatic N) is 1. The summed E-state index contributed by atoms with van der Waals surface area (Å²) in [5.41, 5.74) is 1.80. The molecule has 1 fully saturated rings. The number of imide groups is 1. The average Bonchev–Trinajstić information content (AvgIpc) is 2.58. The van der Waals surface area contributed by atoms with Gasteiger partial charge in [-0.3, -0.25) is 25.0 Å². The third-order valence-electron chi connectivity index (χ3n) is 4.32. The van der Waals surface area contributed by atoms with Crippen LogP contribution in [0.15, 0.2) is 54.6 Å². The SMILES string of the molecule is O=C1CC(c2ccccc2)C(Cc2ccc([N+](=O)[O-])cc2)C(=O)N1. The molecule has 1 aliphatic rings. The monoisotopic (exact) mass is 324 g/mol. The molecule has 122 valence electrons. The minimum atomic E-state index is -0.456. The van der Waals surface area contributed by atoms with Crippen LogP contribution < -0.4 is 5.32 Å². The van der Waals surface area contributed by atoms with E-state index in [-0.39, 0.29) is 35.8 Å². The molecule has 3 rings (SSSR count). The van der Waals surface area contributed by atoms with Gasteiger partial charge >= 0.3 is 0 Å². The van der Waals surface area contributed by atoms with Gasteiger partial charge in [-0.2, -0.15) is 0 Å². The van der Waals surface area contributed by atoms with Crippen molar-refractivity contribution in [2.75, 3.05) is 0 Å². The van der Waals surface area contributed by atoms with E-state index < -0.39 is 4.92 Å². The van der Waals surface area contributed by atoms with E-state index in [9.17, 15) is 19.7 Å². The second-order valence-electron chi connectivity index (χ2n) is 5.87. The van der Waals surface area contributed by atoms with Crippen molar-refractivity contribution in [2.24, 2.45) is 5.92 Å². The van der Waals surface area contributed by atoms with Gasteiger partial charge in [0.1, 0.15) is 0 Å². The summed E-state index contributed by atoms with van der Waals surface area (Å²) in [5, 5.41) is 13.1. The number of nitro groups is 1. The lowest BCUT2D eigenvalue weighted by atomic mass is 9.77. The second-order valence-corrected chi connectivity index (χ2v) is 5.87. The fraction of sp³-hybridized carbons (Fsp3) is 0.222. The number of piperidine rings is 1. The van der Waals surface area contributed by atoms with Crippen LogP contribution in [-0.4, -0.2) is 16.7 Å². The Balaban J connectivity index is 1.86. The number of carbonyl (C=O) groups is 2. The van der Waals surface area contributed by atoms with Crippen molar-refractivity contribution in [3.63, 3.8) is 0 Å². The van der Waals surface area contributed by atoms with Crippen molar-refractivity contribution in [3.8, 4) is 0 Å². The van der Waals surface area contributed by atoms with Crippen molar-refractivity contribution in [1.82, 2.24) is 5.32 Å². The average molecular weight is 324 g/mol. The zero-order valence-corrected chi connectivity index (χ0v) is 12.8. The molecule has 0 aromatic heterocycles. The lowest BCUT2D eigenvalue weighted by molar-refractivity contribution is -0.384. The molecule has 2 unspecified atom stereocenters. The summed E-state index contributed by atoms with van der Waals surface area (Å²) in [4.78, 5) is 34.4. The van der Waals surface area contributed by atoms with Gasteiger partial charge in [0.2, 0.25) is 11.8 Å². The van der Waals surface area contributed by atoms with E-state index in [4.69, 9.17) is 0 Å². The van der Waals surface area contributed by atoms with Gasteiger partial charge in [-0.15, -0.1) is 0 Å². The van der Waals surface area contributed by atoms with Crippen molar-refractivity contribution in [3.05, 3.63) is 75.8 Å². The number of non-ortho nitro benzene ring substituents is 1. The molecular formula is C18H16N2O4. The normalized spacial score (nSPS) is 20.5. The van der Waals surface area contributed by atoms with E-state index in [2.05, 4.69) is 5.32 Å². The molecule has 1 heterocycles. The van der Waals surface area contributed by atoms with Gasteiger partial charge in [0, 0.05) is 30.4 Å². The van der Waals surface area contributed by atoms with Crippen LogP contribution in [0.5, 0.6) is 0 Å². The summed E-state index contributed by atoms with van der Waals surface area (Å²) in [5.74, 6) is -1.14. The summed E-state index contributed by atoms with van der Waals surface area (Å²) < 4.78 is 0. The molecule has 6 nitrogen and oxygen atoms in total. The fourth-order valence-corrected chi connectivity index (χ4v) is 3.10. The maximum absolute atomic E-state index is 12.3. The van der Waals surface area contributed by atoms with Gasteiger partial charge in [0.25, 0.3) is 5.69 Å². The molecular weight excluding hydrogens is 308 g/mol. The van der Waals surface area contributed by atoms with Gasteiger partial charge < -0.3 is 0 Å². The molecule has 1 saturated heterocycles. The van der Waals surface area contributed by atoms with E-state index in [0.29, 0.717) is 6.42 Å². The number of carbonyl (C=O) groups excluding carboxylic acids is 2. The highest BCUT2D eigenvalue weighted by Gasteiger charge is 2.36. The number of hydrogen-bond acceptors (Lipinski definition) is 4. The zero-order chi connectivity index (χ0) is 17.1. The molecule has 1 aliphatic heterocycles. The lowest BCUT2D eigenvalue weighted by Crippen LogP contribution is -2.45. The first kappa shape index (κ1) is 15.9. The van der Waals surface area contributed by atoms with Crippen LogP contribution in [-0.2, 0) is 16.0 Å². The Morgan fingerprint density at radius 3 is 2.33 bits per heavy atom. The standard InChI is InChI=1S/C18H16N2O4/c21-17-11-15(13-4-2-1-3-5-13)16(18(22)19-17)10-12-6-8-14(9-7-12)20(23)24/h1-9,15-16H,10-11H2,(H,19,21,22). The Bertz CT molecular complexity index is 771. The van der Waals surface area contributed by atoms with Gasteiger partial charge in [0.15, 0.2) is 0 Å². The van der Waals surface area contributed by atoms with E-state index >= 15 is 0 Å². The first-order valence-electron chi connectivity index (χ1n) is 7.66. The van der Waals surface area contributed by atoms with Crippen molar-refractivity contribution in [2.45, 2.75) is 18.8 Å². The van der Waals surface area contributed by atoms with Crippen LogP contribution in [0.2, 0.25) is 0 Å². The molecule has 1 N–H and O–H groups in total. The first-order valence-corrected chi connectivity index (χ1v) is 7.66. The molecule has 0 radical (unpaired) electrons. The zero-order valence-electron chi connectivity index (χ0n) is 12.8. The first-order chi connectivity index (χ1) is 11.5. The quantitative estimate of drug-likeness (QED) is 0.532. The smallest absolute Gasteiger partial charge is 0.269 e. The Morgan fingerprint density at radius 2 is 1.71 bits per heavy atom. The largest absolute Gasteiger partial charge is 0.296 e. The summed E-state index contributed by atoms with van der Waals surface area (Å²) in [6, 6.07) is 15.7. The predicted octanol–water partition coefficient (Wildman–Crippen LogP) is 2.58. The second kappa shape index (κ2) is 6.62. The molecule has 2 aromatic rings. The molecule has 0 spiro atoms. The van der Waals surface area contributed by atoms with Crippen LogP contribution in [0.4, 0.5) is 5.69 Å². The van der Waals surface area contributed by atoms with Crippen LogP contribution in [0.25, 0.3) is 0 Å². The maximum atomic E-state index is 12.3. The number of nitro benzene ring substituents is 1. The Morgan fingerprint density at radius 1 is 1.04 bits per heavy atom. The number of nitrogens with one attached hydrogen (secondary N) is 1. The summed E-state index contributed by atoms with van der Waals surface area (Å²) in [6.45, 7) is 0. The Hall–Kier alpha value is -3.02.